The number of aromatic nitrogens is 4. The monoisotopic (exact) mass is 776 g/mol. The Morgan fingerprint density at radius 1 is 0.262 bits per heavy atom. The summed E-state index contributed by atoms with van der Waals surface area (Å²) in [5.74, 6) is 1.78. The average molecular weight is 777 g/mol. The van der Waals surface area contributed by atoms with Gasteiger partial charge in [0.05, 0.1) is 11.0 Å². The van der Waals surface area contributed by atoms with Crippen molar-refractivity contribution >= 4 is 54.1 Å². The maximum absolute atomic E-state index is 5.44. The molecule has 0 saturated carbocycles. The summed E-state index contributed by atoms with van der Waals surface area (Å²) in [6, 6.07) is 77.6. The maximum Gasteiger partial charge on any atom is 0.238 e. The number of para-hydroxylation sites is 2. The molecular weight excluding hydrogens is 741 g/mol. The quantitative estimate of drug-likeness (QED) is 0.158. The van der Waals surface area contributed by atoms with Crippen molar-refractivity contribution in [1.82, 2.24) is 19.5 Å². The first-order valence-corrected chi connectivity index (χ1v) is 20.7. The predicted molar refractivity (Wildman–Crippen MR) is 254 cm³/mol. The van der Waals surface area contributed by atoms with Crippen LogP contribution >= 0.6 is 0 Å². The SMILES string of the molecule is c1ccc(-c2cccc(-c3nc(-c4ccc5c6ccccc6c6ccccc6c5c4)nc(-n4c5ccccc5c5cccc(-c6cccc(-c7ccccc7)c6)c54)n3)c2)cc1. The van der Waals surface area contributed by atoms with Crippen LogP contribution in [0.25, 0.3) is 116 Å². The number of fused-ring (bicyclic) bond motifs is 9. The van der Waals surface area contributed by atoms with Gasteiger partial charge in [0.25, 0.3) is 0 Å². The molecule has 0 radical (unpaired) electrons. The van der Waals surface area contributed by atoms with Crippen LogP contribution in [-0.2, 0) is 0 Å². The normalized spacial score (nSPS) is 11.6. The van der Waals surface area contributed by atoms with Gasteiger partial charge >= 0.3 is 0 Å². The molecule has 12 rings (SSSR count). The molecule has 0 saturated heterocycles. The van der Waals surface area contributed by atoms with Crippen molar-refractivity contribution in [2.75, 3.05) is 0 Å². The summed E-state index contributed by atoms with van der Waals surface area (Å²) in [5, 5.41) is 9.55. The van der Waals surface area contributed by atoms with Crippen molar-refractivity contribution in [1.29, 1.82) is 0 Å². The van der Waals surface area contributed by atoms with Gasteiger partial charge in [-0.3, -0.25) is 4.57 Å². The van der Waals surface area contributed by atoms with E-state index >= 15 is 0 Å². The Hall–Kier alpha value is -8.21. The van der Waals surface area contributed by atoms with Gasteiger partial charge < -0.3 is 0 Å². The highest BCUT2D eigenvalue weighted by atomic mass is 15.2. The van der Waals surface area contributed by atoms with Gasteiger partial charge in [0, 0.05) is 27.5 Å². The molecule has 0 N–H and O–H groups in total. The minimum Gasteiger partial charge on any atom is -0.277 e. The van der Waals surface area contributed by atoms with E-state index in [9.17, 15) is 0 Å². The standard InChI is InChI=1S/C57H36N4/c1-3-16-37(17-4-1)39-20-13-22-41(34-39)44-29-15-30-51-50-28-11-12-31-53(50)61(54(44)51)57-59-55(42-23-14-21-40(35-42)38-18-5-2-6-19-38)58-56(60-57)43-32-33-49-47-26-8-7-24-45(47)46-25-9-10-27-48(46)52(49)36-43/h1-36H. The maximum atomic E-state index is 5.44. The van der Waals surface area contributed by atoms with E-state index in [0.717, 1.165) is 60.8 Å². The number of rotatable bonds is 6. The fourth-order valence-corrected chi connectivity index (χ4v) is 9.19. The topological polar surface area (TPSA) is 43.6 Å². The second kappa shape index (κ2) is 14.3. The highest BCUT2D eigenvalue weighted by Gasteiger charge is 2.21. The van der Waals surface area contributed by atoms with Crippen LogP contribution in [0.5, 0.6) is 0 Å². The lowest BCUT2D eigenvalue weighted by molar-refractivity contribution is 0.954. The van der Waals surface area contributed by atoms with Gasteiger partial charge in [-0.2, -0.15) is 9.97 Å². The Bertz CT molecular complexity index is 3610. The van der Waals surface area contributed by atoms with Crippen LogP contribution < -0.4 is 0 Å². The van der Waals surface area contributed by atoms with Crippen LogP contribution in [0.2, 0.25) is 0 Å². The van der Waals surface area contributed by atoms with Gasteiger partial charge in [-0.25, -0.2) is 4.98 Å². The Balaban J connectivity index is 1.14. The molecule has 61 heavy (non-hydrogen) atoms. The van der Waals surface area contributed by atoms with Gasteiger partial charge in [0.1, 0.15) is 0 Å². The summed E-state index contributed by atoms with van der Waals surface area (Å²) >= 11 is 0. The number of benzene rings is 10. The summed E-state index contributed by atoms with van der Waals surface area (Å²) in [4.78, 5) is 16.2. The number of hydrogen-bond acceptors (Lipinski definition) is 3. The average Bonchev–Trinajstić information content (AvgIpc) is 3.69. The van der Waals surface area contributed by atoms with Crippen molar-refractivity contribution in [3.05, 3.63) is 218 Å². The molecule has 0 bridgehead atoms. The summed E-state index contributed by atoms with van der Waals surface area (Å²) in [6.45, 7) is 0. The Labute approximate surface area is 352 Å². The van der Waals surface area contributed by atoms with Crippen molar-refractivity contribution in [2.45, 2.75) is 0 Å². The van der Waals surface area contributed by atoms with E-state index in [1.807, 2.05) is 6.07 Å². The van der Waals surface area contributed by atoms with Gasteiger partial charge in [0.2, 0.25) is 5.95 Å². The van der Waals surface area contributed by atoms with Crippen LogP contribution in [0.4, 0.5) is 0 Å². The largest absolute Gasteiger partial charge is 0.277 e. The zero-order valence-corrected chi connectivity index (χ0v) is 33.1. The Kier molecular flexibility index (Phi) is 8.13. The first-order valence-electron chi connectivity index (χ1n) is 20.7. The van der Waals surface area contributed by atoms with E-state index in [4.69, 9.17) is 15.0 Å². The summed E-state index contributed by atoms with van der Waals surface area (Å²) < 4.78 is 2.24. The van der Waals surface area contributed by atoms with Crippen LogP contribution in [0.15, 0.2) is 218 Å². The second-order valence-electron chi connectivity index (χ2n) is 15.6. The lowest BCUT2D eigenvalue weighted by Gasteiger charge is -2.15. The van der Waals surface area contributed by atoms with E-state index in [0.29, 0.717) is 17.6 Å². The van der Waals surface area contributed by atoms with Crippen molar-refractivity contribution in [3.8, 4) is 62.1 Å². The highest BCUT2D eigenvalue weighted by molar-refractivity contribution is 6.25. The van der Waals surface area contributed by atoms with E-state index in [1.165, 1.54) is 37.9 Å². The van der Waals surface area contributed by atoms with E-state index < -0.39 is 0 Å². The molecule has 0 aliphatic heterocycles. The number of nitrogens with zero attached hydrogens (tertiary/aromatic N) is 4. The van der Waals surface area contributed by atoms with Gasteiger partial charge in [-0.05, 0) is 84.4 Å². The number of hydrogen-bond donors (Lipinski definition) is 0. The Morgan fingerprint density at radius 3 is 1.34 bits per heavy atom. The third-order valence-corrected chi connectivity index (χ3v) is 12.0. The zero-order chi connectivity index (χ0) is 40.3. The molecule has 0 unspecified atom stereocenters. The lowest BCUT2D eigenvalue weighted by atomic mass is 9.93. The molecule has 2 aromatic heterocycles. The smallest absolute Gasteiger partial charge is 0.238 e. The molecule has 0 spiro atoms. The first-order chi connectivity index (χ1) is 30.2. The van der Waals surface area contributed by atoms with E-state index in [-0.39, 0.29) is 0 Å². The lowest BCUT2D eigenvalue weighted by Crippen LogP contribution is -2.07. The molecule has 10 aromatic carbocycles. The van der Waals surface area contributed by atoms with Crippen LogP contribution in [0, 0.1) is 0 Å². The Morgan fingerprint density at radius 2 is 0.705 bits per heavy atom. The molecule has 4 heteroatoms. The van der Waals surface area contributed by atoms with Crippen molar-refractivity contribution in [2.24, 2.45) is 0 Å². The molecule has 0 fully saturated rings. The molecule has 284 valence electrons. The molecule has 0 aliphatic rings. The van der Waals surface area contributed by atoms with Crippen molar-refractivity contribution < 1.29 is 0 Å². The fourth-order valence-electron chi connectivity index (χ4n) is 9.19. The summed E-state index contributed by atoms with van der Waals surface area (Å²) in [6.07, 6.45) is 0. The summed E-state index contributed by atoms with van der Waals surface area (Å²) in [7, 11) is 0. The molecular formula is C57H36N4. The van der Waals surface area contributed by atoms with E-state index in [2.05, 4.69) is 217 Å². The van der Waals surface area contributed by atoms with E-state index in [1.54, 1.807) is 0 Å². The minimum absolute atomic E-state index is 0.562. The van der Waals surface area contributed by atoms with Gasteiger partial charge in [0.15, 0.2) is 11.6 Å². The minimum atomic E-state index is 0.562. The van der Waals surface area contributed by atoms with Gasteiger partial charge in [-0.1, -0.05) is 194 Å². The molecule has 4 nitrogen and oxygen atoms in total. The third-order valence-electron chi connectivity index (χ3n) is 12.0. The second-order valence-corrected chi connectivity index (χ2v) is 15.6. The third kappa shape index (κ3) is 5.88. The zero-order valence-electron chi connectivity index (χ0n) is 33.1. The van der Waals surface area contributed by atoms with Gasteiger partial charge in [-0.15, -0.1) is 0 Å². The fraction of sp³-hybridized carbons (Fsp3) is 0. The first kappa shape index (κ1) is 34.8. The molecule has 0 amide bonds. The molecule has 0 aliphatic carbocycles. The predicted octanol–water partition coefficient (Wildman–Crippen LogP) is 14.8. The molecule has 12 aromatic rings. The van der Waals surface area contributed by atoms with Crippen molar-refractivity contribution in [3.63, 3.8) is 0 Å². The molecule has 2 heterocycles. The van der Waals surface area contributed by atoms with Crippen LogP contribution in [0.1, 0.15) is 0 Å². The molecule has 0 atom stereocenters. The summed E-state index contributed by atoms with van der Waals surface area (Å²) in [5.41, 5.74) is 10.7. The van der Waals surface area contributed by atoms with Crippen LogP contribution in [-0.4, -0.2) is 19.5 Å². The highest BCUT2D eigenvalue weighted by Crippen LogP contribution is 2.40. The van der Waals surface area contributed by atoms with Crippen LogP contribution in [0.3, 0.4) is 0 Å².